The van der Waals surface area contributed by atoms with Crippen LogP contribution in [0.25, 0.3) is 0 Å². The molecule has 3 nitrogen and oxygen atoms in total. The number of thioether (sulfide) groups is 1. The minimum Gasteiger partial charge on any atom is -0.496 e. The van der Waals surface area contributed by atoms with Gasteiger partial charge in [0.25, 0.3) is 0 Å². The highest BCUT2D eigenvalue weighted by molar-refractivity contribution is 9.10. The van der Waals surface area contributed by atoms with E-state index >= 15 is 0 Å². The second-order valence-corrected chi connectivity index (χ2v) is 6.45. The van der Waals surface area contributed by atoms with Crippen LogP contribution >= 0.6 is 27.7 Å². The van der Waals surface area contributed by atoms with Gasteiger partial charge in [0.1, 0.15) is 5.75 Å². The average Bonchev–Trinajstić information content (AvgIpc) is 2.53. The molecule has 112 valence electrons. The van der Waals surface area contributed by atoms with Gasteiger partial charge in [0.15, 0.2) is 0 Å². The number of hydrazine groups is 1. The van der Waals surface area contributed by atoms with Crippen LogP contribution < -0.4 is 16.0 Å². The van der Waals surface area contributed by atoms with E-state index in [4.69, 9.17) is 10.6 Å². The molecule has 1 atom stereocenters. The minimum atomic E-state index is 0.0455. The van der Waals surface area contributed by atoms with Crippen molar-refractivity contribution >= 4 is 27.7 Å². The third-order valence-electron chi connectivity index (χ3n) is 3.39. The third kappa shape index (κ3) is 4.23. The molecule has 2 rings (SSSR count). The number of rotatable bonds is 6. The van der Waals surface area contributed by atoms with Gasteiger partial charge in [-0.2, -0.15) is 0 Å². The van der Waals surface area contributed by atoms with Crippen molar-refractivity contribution in [2.45, 2.75) is 17.4 Å². The molecule has 0 aromatic heterocycles. The first-order valence-corrected chi connectivity index (χ1v) is 8.62. The molecule has 0 fully saturated rings. The molecule has 3 N–H and O–H groups in total. The lowest BCUT2D eigenvalue weighted by Crippen LogP contribution is -2.29. The van der Waals surface area contributed by atoms with E-state index in [9.17, 15) is 0 Å². The normalized spacial score (nSPS) is 12.2. The van der Waals surface area contributed by atoms with Gasteiger partial charge in [-0.25, -0.2) is 0 Å². The molecule has 2 aromatic rings. The zero-order valence-corrected chi connectivity index (χ0v) is 14.5. The van der Waals surface area contributed by atoms with Crippen LogP contribution in [0, 0.1) is 0 Å². The molecule has 1 unspecified atom stereocenters. The number of halogens is 1. The van der Waals surface area contributed by atoms with E-state index in [0.717, 1.165) is 27.8 Å². The van der Waals surface area contributed by atoms with E-state index in [-0.39, 0.29) is 6.04 Å². The van der Waals surface area contributed by atoms with Crippen LogP contribution in [-0.4, -0.2) is 13.4 Å². The molecule has 0 bridgehead atoms. The van der Waals surface area contributed by atoms with Gasteiger partial charge in [0.2, 0.25) is 0 Å². The fourth-order valence-corrected chi connectivity index (χ4v) is 3.05. The molecule has 2 aromatic carbocycles. The smallest absolute Gasteiger partial charge is 0.122 e. The molecule has 0 amide bonds. The lowest BCUT2D eigenvalue weighted by Gasteiger charge is -2.18. The maximum absolute atomic E-state index is 5.75. The second-order valence-electron chi connectivity index (χ2n) is 4.65. The molecule has 0 aliphatic carbocycles. The van der Waals surface area contributed by atoms with Crippen molar-refractivity contribution in [1.29, 1.82) is 0 Å². The number of hydrogen-bond donors (Lipinski definition) is 2. The van der Waals surface area contributed by atoms with Crippen molar-refractivity contribution in [2.75, 3.05) is 13.4 Å². The average molecular weight is 367 g/mol. The van der Waals surface area contributed by atoms with Crippen LogP contribution in [0.15, 0.2) is 51.8 Å². The highest BCUT2D eigenvalue weighted by Gasteiger charge is 2.14. The second kappa shape index (κ2) is 7.84. The van der Waals surface area contributed by atoms with Gasteiger partial charge in [-0.1, -0.05) is 28.1 Å². The summed E-state index contributed by atoms with van der Waals surface area (Å²) in [5, 5.41) is 0. The third-order valence-corrected chi connectivity index (χ3v) is 4.62. The summed E-state index contributed by atoms with van der Waals surface area (Å²) in [7, 11) is 1.69. The van der Waals surface area contributed by atoms with Gasteiger partial charge in [-0.15, -0.1) is 11.8 Å². The predicted octanol–water partition coefficient (Wildman–Crippen LogP) is 3.93. The van der Waals surface area contributed by atoms with Crippen LogP contribution in [0.4, 0.5) is 0 Å². The van der Waals surface area contributed by atoms with Crippen LogP contribution in [0.1, 0.15) is 17.2 Å². The quantitative estimate of drug-likeness (QED) is 0.462. The van der Waals surface area contributed by atoms with Crippen LogP contribution in [0.2, 0.25) is 0 Å². The predicted molar refractivity (Wildman–Crippen MR) is 92.7 cm³/mol. The minimum absolute atomic E-state index is 0.0455. The molecule has 0 heterocycles. The highest BCUT2D eigenvalue weighted by atomic mass is 79.9. The van der Waals surface area contributed by atoms with E-state index in [1.54, 1.807) is 18.9 Å². The Kier molecular flexibility index (Phi) is 6.11. The summed E-state index contributed by atoms with van der Waals surface area (Å²) >= 11 is 5.23. The summed E-state index contributed by atoms with van der Waals surface area (Å²) < 4.78 is 6.46. The lowest BCUT2D eigenvalue weighted by atomic mass is 9.99. The molecule has 5 heteroatoms. The van der Waals surface area contributed by atoms with Gasteiger partial charge < -0.3 is 4.74 Å². The monoisotopic (exact) mass is 366 g/mol. The van der Waals surface area contributed by atoms with Crippen molar-refractivity contribution in [3.63, 3.8) is 0 Å². The Morgan fingerprint density at radius 1 is 1.24 bits per heavy atom. The van der Waals surface area contributed by atoms with Crippen LogP contribution in [-0.2, 0) is 6.42 Å². The standard InChI is InChI=1S/C16H19BrN2OS/c1-20-16-8-5-13(17)9-12(16)10-15(19-18)11-3-6-14(21-2)7-4-11/h3-9,15,19H,10,18H2,1-2H3. The van der Waals surface area contributed by atoms with Crippen molar-refractivity contribution in [2.24, 2.45) is 5.84 Å². The Labute approximate surface area is 138 Å². The number of benzene rings is 2. The van der Waals surface area contributed by atoms with Gasteiger partial charge in [0.05, 0.1) is 13.2 Å². The molecular formula is C16H19BrN2OS. The number of nitrogens with two attached hydrogens (primary N) is 1. The first-order valence-electron chi connectivity index (χ1n) is 6.60. The molecule has 0 radical (unpaired) electrons. The SMILES string of the molecule is COc1ccc(Br)cc1CC(NN)c1ccc(SC)cc1. The van der Waals surface area contributed by atoms with E-state index in [2.05, 4.69) is 57.9 Å². The summed E-state index contributed by atoms with van der Waals surface area (Å²) in [6.07, 6.45) is 2.83. The van der Waals surface area contributed by atoms with Crippen LogP contribution in [0.3, 0.4) is 0 Å². The van der Waals surface area contributed by atoms with Crippen LogP contribution in [0.5, 0.6) is 5.75 Å². The maximum Gasteiger partial charge on any atom is 0.122 e. The Morgan fingerprint density at radius 3 is 2.52 bits per heavy atom. The highest BCUT2D eigenvalue weighted by Crippen LogP contribution is 2.28. The van der Waals surface area contributed by atoms with Gasteiger partial charge in [-0.05, 0) is 54.1 Å². The van der Waals surface area contributed by atoms with Crippen molar-refractivity contribution in [3.8, 4) is 5.75 Å². The van der Waals surface area contributed by atoms with Crippen molar-refractivity contribution in [3.05, 3.63) is 58.1 Å². The summed E-state index contributed by atoms with van der Waals surface area (Å²) in [4.78, 5) is 1.24. The number of ether oxygens (including phenoxy) is 1. The molecule has 0 saturated carbocycles. The Balaban J connectivity index is 2.23. The molecule has 21 heavy (non-hydrogen) atoms. The first-order chi connectivity index (χ1) is 10.2. The maximum atomic E-state index is 5.75. The lowest BCUT2D eigenvalue weighted by molar-refractivity contribution is 0.405. The first kappa shape index (κ1) is 16.4. The number of methoxy groups -OCH3 is 1. The van der Waals surface area contributed by atoms with E-state index < -0.39 is 0 Å². The Hall–Kier alpha value is -1.01. The van der Waals surface area contributed by atoms with Gasteiger partial charge in [0, 0.05) is 9.37 Å². The Bertz CT molecular complexity index is 589. The van der Waals surface area contributed by atoms with E-state index in [0.29, 0.717) is 0 Å². The molecule has 0 saturated heterocycles. The summed E-state index contributed by atoms with van der Waals surface area (Å²) in [6.45, 7) is 0. The van der Waals surface area contributed by atoms with Crippen molar-refractivity contribution < 1.29 is 4.74 Å². The molecule has 0 spiro atoms. The van der Waals surface area contributed by atoms with E-state index in [1.165, 1.54) is 4.90 Å². The summed E-state index contributed by atoms with van der Waals surface area (Å²) in [5.74, 6) is 6.62. The van der Waals surface area contributed by atoms with Gasteiger partial charge in [-0.3, -0.25) is 11.3 Å². The van der Waals surface area contributed by atoms with E-state index in [1.807, 2.05) is 12.1 Å². The topological polar surface area (TPSA) is 47.3 Å². The fourth-order valence-electron chi connectivity index (χ4n) is 2.24. The zero-order valence-electron chi connectivity index (χ0n) is 12.1. The van der Waals surface area contributed by atoms with Crippen molar-refractivity contribution in [1.82, 2.24) is 5.43 Å². The zero-order chi connectivity index (χ0) is 15.2. The summed E-state index contributed by atoms with van der Waals surface area (Å²) in [6, 6.07) is 14.5. The molecule has 0 aliphatic heterocycles. The molecule has 0 aliphatic rings. The molecular weight excluding hydrogens is 348 g/mol. The largest absolute Gasteiger partial charge is 0.496 e. The summed E-state index contributed by atoms with van der Waals surface area (Å²) in [5.41, 5.74) is 5.18. The Morgan fingerprint density at radius 2 is 1.95 bits per heavy atom. The van der Waals surface area contributed by atoms with Gasteiger partial charge >= 0.3 is 0 Å². The number of nitrogens with one attached hydrogen (secondary N) is 1. The number of hydrogen-bond acceptors (Lipinski definition) is 4. The fraction of sp³-hybridized carbons (Fsp3) is 0.250.